The zero-order chi connectivity index (χ0) is 23.4. The number of aromatic nitrogens is 3. The zero-order valence-electron chi connectivity index (χ0n) is 17.9. The van der Waals surface area contributed by atoms with Crippen LogP contribution in [0.25, 0.3) is 11.9 Å². The highest BCUT2D eigenvalue weighted by Crippen LogP contribution is 2.26. The van der Waals surface area contributed by atoms with Crippen LogP contribution in [-0.4, -0.2) is 47.3 Å². The van der Waals surface area contributed by atoms with Crippen molar-refractivity contribution in [1.29, 1.82) is 0 Å². The first-order chi connectivity index (χ1) is 15.8. The Kier molecular flexibility index (Phi) is 6.64. The van der Waals surface area contributed by atoms with Crippen molar-refractivity contribution in [2.75, 3.05) is 31.1 Å². The number of nitrogens with one attached hydrogen (secondary N) is 1. The number of piperazine rings is 1. The van der Waals surface area contributed by atoms with Crippen molar-refractivity contribution < 1.29 is 22.3 Å². The number of nitrogens with zero attached hydrogens (tertiary/aromatic N) is 4. The van der Waals surface area contributed by atoms with E-state index in [9.17, 15) is 17.6 Å². The van der Waals surface area contributed by atoms with Crippen LogP contribution in [0.15, 0.2) is 48.7 Å². The Labute approximate surface area is 188 Å². The quantitative estimate of drug-likeness (QED) is 0.551. The maximum absolute atomic E-state index is 14.6. The first kappa shape index (κ1) is 22.8. The summed E-state index contributed by atoms with van der Waals surface area (Å²) in [5.41, 5.74) is 2.42. The molecule has 0 amide bonds. The fraction of sp³-hybridized carbons (Fsp3) is 0.304. The Morgan fingerprint density at radius 3 is 2.55 bits per heavy atom. The number of anilines is 1. The highest BCUT2D eigenvalue weighted by molar-refractivity contribution is 5.75. The minimum atomic E-state index is -4.79. The third kappa shape index (κ3) is 6.10. The van der Waals surface area contributed by atoms with Crippen molar-refractivity contribution in [2.45, 2.75) is 19.8 Å². The number of hydrogen-bond donors (Lipinski definition) is 1. The van der Waals surface area contributed by atoms with E-state index in [1.165, 1.54) is 18.2 Å². The number of alkyl halides is 3. The van der Waals surface area contributed by atoms with Gasteiger partial charge in [-0.05, 0) is 55.0 Å². The van der Waals surface area contributed by atoms with E-state index < -0.39 is 17.9 Å². The van der Waals surface area contributed by atoms with Crippen molar-refractivity contribution in [1.82, 2.24) is 20.1 Å². The molecule has 1 aliphatic rings. The predicted molar refractivity (Wildman–Crippen MR) is 117 cm³/mol. The molecule has 0 saturated carbocycles. The van der Waals surface area contributed by atoms with E-state index in [2.05, 4.69) is 25.0 Å². The number of hydrogen-bond acceptors (Lipinski definition) is 5. The summed E-state index contributed by atoms with van der Waals surface area (Å²) in [5, 5.41) is 7.78. The van der Waals surface area contributed by atoms with Crippen LogP contribution in [0.2, 0.25) is 0 Å². The Bertz CT molecular complexity index is 1120. The molecule has 1 saturated heterocycles. The molecule has 0 bridgehead atoms. The number of benzene rings is 1. The highest BCUT2D eigenvalue weighted by Gasteiger charge is 2.31. The molecule has 174 valence electrons. The van der Waals surface area contributed by atoms with E-state index in [0.29, 0.717) is 12.2 Å². The number of aryl methyl sites for hydroxylation is 1. The zero-order valence-corrected chi connectivity index (χ0v) is 17.9. The van der Waals surface area contributed by atoms with Crippen LogP contribution >= 0.6 is 0 Å². The molecule has 6 nitrogen and oxygen atoms in total. The monoisotopic (exact) mass is 461 g/mol. The largest absolute Gasteiger partial charge is 0.573 e. The molecule has 1 aromatic carbocycles. The molecular weight excluding hydrogens is 438 g/mol. The summed E-state index contributed by atoms with van der Waals surface area (Å²) in [6, 6.07) is 10.3. The van der Waals surface area contributed by atoms with Crippen LogP contribution in [0.5, 0.6) is 5.75 Å². The summed E-state index contributed by atoms with van der Waals surface area (Å²) in [6.45, 7) is 6.02. The van der Waals surface area contributed by atoms with Crippen LogP contribution in [0.1, 0.15) is 22.5 Å². The summed E-state index contributed by atoms with van der Waals surface area (Å²) in [7, 11) is 0. The van der Waals surface area contributed by atoms with Crippen molar-refractivity contribution >= 4 is 17.7 Å². The van der Waals surface area contributed by atoms with Gasteiger partial charge in [-0.2, -0.15) is 5.10 Å². The van der Waals surface area contributed by atoms with Gasteiger partial charge < -0.3 is 15.0 Å². The first-order valence-corrected chi connectivity index (χ1v) is 10.5. The Morgan fingerprint density at radius 2 is 1.85 bits per heavy atom. The number of halogens is 4. The summed E-state index contributed by atoms with van der Waals surface area (Å²) in [5.74, 6) is -0.0947. The van der Waals surface area contributed by atoms with E-state index in [4.69, 9.17) is 0 Å². The minimum absolute atomic E-state index is 0.131. The van der Waals surface area contributed by atoms with Gasteiger partial charge in [0.15, 0.2) is 0 Å². The van der Waals surface area contributed by atoms with Crippen molar-refractivity contribution in [3.63, 3.8) is 0 Å². The average molecular weight is 461 g/mol. The molecule has 2 aromatic heterocycles. The van der Waals surface area contributed by atoms with Crippen LogP contribution in [0, 0.1) is 6.92 Å². The topological polar surface area (TPSA) is 55.2 Å². The van der Waals surface area contributed by atoms with Gasteiger partial charge in [-0.1, -0.05) is 0 Å². The van der Waals surface area contributed by atoms with Crippen LogP contribution in [0.4, 0.5) is 23.4 Å². The molecule has 1 N–H and O–H groups in total. The maximum atomic E-state index is 14.6. The summed E-state index contributed by atoms with van der Waals surface area (Å²) in [6.07, 6.45) is -1.76. The van der Waals surface area contributed by atoms with Gasteiger partial charge in [-0.25, -0.2) is 9.37 Å². The molecule has 3 heterocycles. The van der Waals surface area contributed by atoms with Gasteiger partial charge >= 0.3 is 6.36 Å². The van der Waals surface area contributed by atoms with Crippen molar-refractivity contribution in [2.24, 2.45) is 0 Å². The maximum Gasteiger partial charge on any atom is 0.573 e. The second kappa shape index (κ2) is 9.62. The number of rotatable bonds is 6. The van der Waals surface area contributed by atoms with Crippen LogP contribution < -0.4 is 15.0 Å². The number of ether oxygens (including phenoxy) is 1. The van der Waals surface area contributed by atoms with Gasteiger partial charge in [-0.3, -0.25) is 4.68 Å². The molecule has 33 heavy (non-hydrogen) atoms. The second-order valence-electron chi connectivity index (χ2n) is 7.69. The van der Waals surface area contributed by atoms with E-state index in [-0.39, 0.29) is 5.56 Å². The van der Waals surface area contributed by atoms with E-state index >= 15 is 0 Å². The van der Waals surface area contributed by atoms with Gasteiger partial charge in [-0.15, -0.1) is 13.2 Å². The van der Waals surface area contributed by atoms with E-state index in [0.717, 1.165) is 55.4 Å². The Morgan fingerprint density at radius 1 is 1.12 bits per heavy atom. The van der Waals surface area contributed by atoms with E-state index in [1.54, 1.807) is 16.9 Å². The molecule has 0 unspecified atom stereocenters. The standard InChI is InChI=1S/C23H23F4N5O/c1-16-12-19(14-21(24)18-2-4-20(5-3-18)33-23(25,26)27)30-32(16)15-17-6-7-29-22(13-17)31-10-8-28-9-11-31/h2-7,12-14,28H,8-11,15H2,1H3. The summed E-state index contributed by atoms with van der Waals surface area (Å²) in [4.78, 5) is 6.70. The summed E-state index contributed by atoms with van der Waals surface area (Å²) < 4.78 is 57.1. The molecule has 0 spiro atoms. The molecule has 0 aliphatic carbocycles. The molecule has 0 radical (unpaired) electrons. The molecule has 4 rings (SSSR count). The highest BCUT2D eigenvalue weighted by atomic mass is 19.4. The second-order valence-corrected chi connectivity index (χ2v) is 7.69. The van der Waals surface area contributed by atoms with Gasteiger partial charge in [0.05, 0.1) is 12.2 Å². The normalized spacial score (nSPS) is 15.1. The summed E-state index contributed by atoms with van der Waals surface area (Å²) >= 11 is 0. The molecule has 0 atom stereocenters. The Hall–Kier alpha value is -3.40. The molecule has 1 aliphatic heterocycles. The molecular formula is C23H23F4N5O. The molecule has 3 aromatic rings. The van der Waals surface area contributed by atoms with Gasteiger partial charge in [0.2, 0.25) is 0 Å². The third-order valence-electron chi connectivity index (χ3n) is 5.22. The van der Waals surface area contributed by atoms with Crippen molar-refractivity contribution in [3.05, 3.63) is 71.2 Å². The lowest BCUT2D eigenvalue weighted by Crippen LogP contribution is -2.43. The lowest BCUT2D eigenvalue weighted by Gasteiger charge is -2.28. The van der Waals surface area contributed by atoms with Gasteiger partial charge in [0, 0.05) is 49.7 Å². The third-order valence-corrected chi connectivity index (χ3v) is 5.22. The predicted octanol–water partition coefficient (Wildman–Crippen LogP) is 4.41. The van der Waals surface area contributed by atoms with E-state index in [1.807, 2.05) is 19.1 Å². The average Bonchev–Trinajstić information content (AvgIpc) is 3.12. The van der Waals surface area contributed by atoms with Crippen LogP contribution in [0.3, 0.4) is 0 Å². The smallest absolute Gasteiger partial charge is 0.406 e. The lowest BCUT2D eigenvalue weighted by molar-refractivity contribution is -0.274. The fourth-order valence-corrected chi connectivity index (χ4v) is 3.59. The van der Waals surface area contributed by atoms with Crippen molar-refractivity contribution in [3.8, 4) is 5.75 Å². The number of pyridine rings is 1. The molecule has 1 fully saturated rings. The fourth-order valence-electron chi connectivity index (χ4n) is 3.59. The van der Waals surface area contributed by atoms with Gasteiger partial charge in [0.1, 0.15) is 17.4 Å². The lowest BCUT2D eigenvalue weighted by atomic mass is 10.1. The first-order valence-electron chi connectivity index (χ1n) is 10.5. The van der Waals surface area contributed by atoms with Crippen LogP contribution in [-0.2, 0) is 6.54 Å². The molecule has 10 heteroatoms. The van der Waals surface area contributed by atoms with Gasteiger partial charge in [0.25, 0.3) is 0 Å². The minimum Gasteiger partial charge on any atom is -0.406 e. The Balaban J connectivity index is 1.46. The SMILES string of the molecule is Cc1cc(C=C(F)c2ccc(OC(F)(F)F)cc2)nn1Cc1ccnc(N2CCNCC2)c1.